The van der Waals surface area contributed by atoms with Gasteiger partial charge in [-0.05, 0) is 13.0 Å². The molecule has 0 saturated heterocycles. The lowest BCUT2D eigenvalue weighted by Crippen LogP contribution is -1.72. The van der Waals surface area contributed by atoms with Crippen molar-refractivity contribution in [1.82, 2.24) is 10.2 Å². The molecule has 0 N–H and O–H groups in total. The standard InChI is InChI=1S/C8H8N2O2/c1-5-3-7(4-11-5)8-10-9-6(2)12-8/h3-4H,1-2H3. The van der Waals surface area contributed by atoms with Crippen LogP contribution in [-0.2, 0) is 0 Å². The lowest BCUT2D eigenvalue weighted by molar-refractivity contribution is 0.523. The molecule has 2 rings (SSSR count). The predicted octanol–water partition coefficient (Wildman–Crippen LogP) is 1.95. The molecule has 0 fully saturated rings. The van der Waals surface area contributed by atoms with Gasteiger partial charge in [0.25, 0.3) is 5.89 Å². The van der Waals surface area contributed by atoms with Crippen LogP contribution >= 0.6 is 0 Å². The normalized spacial score (nSPS) is 10.5. The van der Waals surface area contributed by atoms with E-state index in [9.17, 15) is 0 Å². The summed E-state index contributed by atoms with van der Waals surface area (Å²) in [4.78, 5) is 0. The fourth-order valence-corrected chi connectivity index (χ4v) is 0.969. The molecule has 0 aliphatic rings. The number of nitrogens with zero attached hydrogens (tertiary/aromatic N) is 2. The third-order valence-electron chi connectivity index (χ3n) is 1.50. The quantitative estimate of drug-likeness (QED) is 0.646. The molecule has 0 aromatic carbocycles. The van der Waals surface area contributed by atoms with Gasteiger partial charge in [-0.3, -0.25) is 0 Å². The van der Waals surface area contributed by atoms with Crippen molar-refractivity contribution in [1.29, 1.82) is 0 Å². The smallest absolute Gasteiger partial charge is 0.250 e. The monoisotopic (exact) mass is 164 g/mol. The highest BCUT2D eigenvalue weighted by Crippen LogP contribution is 2.19. The van der Waals surface area contributed by atoms with E-state index in [1.165, 1.54) is 0 Å². The van der Waals surface area contributed by atoms with Gasteiger partial charge in [0.15, 0.2) is 0 Å². The van der Waals surface area contributed by atoms with Gasteiger partial charge in [-0.2, -0.15) is 0 Å². The second-order valence-corrected chi connectivity index (χ2v) is 2.57. The Morgan fingerprint density at radius 1 is 1.25 bits per heavy atom. The average Bonchev–Trinajstić information content (AvgIpc) is 2.58. The Hall–Kier alpha value is -1.58. The molecular weight excluding hydrogens is 156 g/mol. The van der Waals surface area contributed by atoms with E-state index >= 15 is 0 Å². The Kier molecular flexibility index (Phi) is 1.46. The summed E-state index contributed by atoms with van der Waals surface area (Å²) in [6.45, 7) is 3.62. The van der Waals surface area contributed by atoms with Crippen LogP contribution in [0, 0.1) is 13.8 Å². The number of hydrogen-bond acceptors (Lipinski definition) is 4. The molecule has 0 radical (unpaired) electrons. The molecule has 4 nitrogen and oxygen atoms in total. The second-order valence-electron chi connectivity index (χ2n) is 2.57. The molecule has 0 bridgehead atoms. The summed E-state index contributed by atoms with van der Waals surface area (Å²) in [6.07, 6.45) is 1.60. The molecule has 4 heteroatoms. The molecule has 0 atom stereocenters. The Labute approximate surface area is 69.2 Å². The van der Waals surface area contributed by atoms with Crippen LogP contribution in [0.15, 0.2) is 21.2 Å². The van der Waals surface area contributed by atoms with Gasteiger partial charge in [0.1, 0.15) is 12.0 Å². The van der Waals surface area contributed by atoms with E-state index in [1.54, 1.807) is 13.2 Å². The van der Waals surface area contributed by atoms with E-state index in [0.717, 1.165) is 11.3 Å². The number of aromatic nitrogens is 2. The lowest BCUT2D eigenvalue weighted by Gasteiger charge is -1.81. The molecule has 62 valence electrons. The van der Waals surface area contributed by atoms with Crippen LogP contribution in [0.3, 0.4) is 0 Å². The summed E-state index contributed by atoms with van der Waals surface area (Å²) in [5.74, 6) is 1.90. The van der Waals surface area contributed by atoms with Gasteiger partial charge in [0.05, 0.1) is 5.56 Å². The van der Waals surface area contributed by atoms with Crippen molar-refractivity contribution in [2.24, 2.45) is 0 Å². The van der Waals surface area contributed by atoms with E-state index in [1.807, 2.05) is 13.0 Å². The molecule has 0 spiro atoms. The molecule has 0 aliphatic carbocycles. The highest BCUT2D eigenvalue weighted by Gasteiger charge is 2.07. The van der Waals surface area contributed by atoms with E-state index in [4.69, 9.17) is 8.83 Å². The van der Waals surface area contributed by atoms with Crippen molar-refractivity contribution >= 4 is 0 Å². The predicted molar refractivity (Wildman–Crippen MR) is 41.5 cm³/mol. The van der Waals surface area contributed by atoms with Gasteiger partial charge in [0, 0.05) is 6.92 Å². The highest BCUT2D eigenvalue weighted by molar-refractivity contribution is 5.50. The molecule has 0 amide bonds. The van der Waals surface area contributed by atoms with Gasteiger partial charge in [-0.25, -0.2) is 0 Å². The van der Waals surface area contributed by atoms with Gasteiger partial charge in [-0.15, -0.1) is 10.2 Å². The van der Waals surface area contributed by atoms with Crippen molar-refractivity contribution < 1.29 is 8.83 Å². The summed E-state index contributed by atoms with van der Waals surface area (Å²) < 4.78 is 10.3. The van der Waals surface area contributed by atoms with E-state index < -0.39 is 0 Å². The second kappa shape index (κ2) is 2.48. The minimum atomic E-state index is 0.504. The third kappa shape index (κ3) is 1.11. The van der Waals surface area contributed by atoms with Crippen molar-refractivity contribution in [3.05, 3.63) is 24.0 Å². The van der Waals surface area contributed by atoms with Crippen LogP contribution in [0.1, 0.15) is 11.7 Å². The summed E-state index contributed by atoms with van der Waals surface area (Å²) in [7, 11) is 0. The molecule has 2 aromatic heterocycles. The van der Waals surface area contributed by atoms with Crippen molar-refractivity contribution in [2.75, 3.05) is 0 Å². The van der Waals surface area contributed by atoms with E-state index in [-0.39, 0.29) is 0 Å². The molecule has 0 saturated carbocycles. The minimum absolute atomic E-state index is 0.504. The number of aryl methyl sites for hydroxylation is 2. The van der Waals surface area contributed by atoms with Crippen LogP contribution in [0.4, 0.5) is 0 Å². The van der Waals surface area contributed by atoms with E-state index in [2.05, 4.69) is 10.2 Å². The SMILES string of the molecule is Cc1cc(-c2nnc(C)o2)co1. The third-order valence-corrected chi connectivity index (χ3v) is 1.50. The Balaban J connectivity index is 2.43. The van der Waals surface area contributed by atoms with E-state index in [0.29, 0.717) is 11.8 Å². The zero-order valence-corrected chi connectivity index (χ0v) is 6.87. The summed E-state index contributed by atoms with van der Waals surface area (Å²) in [5.41, 5.74) is 0.827. The van der Waals surface area contributed by atoms with Gasteiger partial charge >= 0.3 is 0 Å². The zero-order chi connectivity index (χ0) is 8.55. The molecule has 2 aromatic rings. The number of rotatable bonds is 1. The van der Waals surface area contributed by atoms with Crippen LogP contribution in [0.2, 0.25) is 0 Å². The van der Waals surface area contributed by atoms with Crippen LogP contribution in [0.25, 0.3) is 11.5 Å². The van der Waals surface area contributed by atoms with Gasteiger partial charge < -0.3 is 8.83 Å². The number of hydrogen-bond donors (Lipinski definition) is 0. The summed E-state index contributed by atoms with van der Waals surface area (Å²) >= 11 is 0. The first-order chi connectivity index (χ1) is 5.75. The maximum absolute atomic E-state index is 5.20. The fourth-order valence-electron chi connectivity index (χ4n) is 0.969. The topological polar surface area (TPSA) is 52.1 Å². The van der Waals surface area contributed by atoms with Crippen LogP contribution in [0.5, 0.6) is 0 Å². The first-order valence-corrected chi connectivity index (χ1v) is 3.61. The Morgan fingerprint density at radius 2 is 2.08 bits per heavy atom. The summed E-state index contributed by atoms with van der Waals surface area (Å²) in [6, 6.07) is 1.85. The Morgan fingerprint density at radius 3 is 2.58 bits per heavy atom. The van der Waals surface area contributed by atoms with Crippen molar-refractivity contribution in [2.45, 2.75) is 13.8 Å². The summed E-state index contributed by atoms with van der Waals surface area (Å²) in [5, 5.41) is 7.57. The molecular formula is C8H8N2O2. The fraction of sp³-hybridized carbons (Fsp3) is 0.250. The first-order valence-electron chi connectivity index (χ1n) is 3.61. The van der Waals surface area contributed by atoms with Crippen molar-refractivity contribution in [3.63, 3.8) is 0 Å². The van der Waals surface area contributed by atoms with Crippen molar-refractivity contribution in [3.8, 4) is 11.5 Å². The van der Waals surface area contributed by atoms with Gasteiger partial charge in [-0.1, -0.05) is 0 Å². The zero-order valence-electron chi connectivity index (χ0n) is 6.87. The largest absolute Gasteiger partial charge is 0.469 e. The number of furan rings is 1. The molecule has 0 aliphatic heterocycles. The first kappa shape index (κ1) is 7.09. The highest BCUT2D eigenvalue weighted by atomic mass is 16.4. The van der Waals surface area contributed by atoms with Gasteiger partial charge in [0.2, 0.25) is 5.89 Å². The molecule has 0 unspecified atom stereocenters. The maximum Gasteiger partial charge on any atom is 0.250 e. The average molecular weight is 164 g/mol. The molecule has 12 heavy (non-hydrogen) atoms. The lowest BCUT2D eigenvalue weighted by atomic mass is 10.3. The Bertz CT molecular complexity index is 351. The van der Waals surface area contributed by atoms with Crippen LogP contribution in [-0.4, -0.2) is 10.2 Å². The maximum atomic E-state index is 5.20. The van der Waals surface area contributed by atoms with Crippen LogP contribution < -0.4 is 0 Å². The molecule has 2 heterocycles. The minimum Gasteiger partial charge on any atom is -0.469 e.